The third kappa shape index (κ3) is 4.05. The van der Waals surface area contributed by atoms with Crippen molar-refractivity contribution in [2.75, 3.05) is 18.5 Å². The summed E-state index contributed by atoms with van der Waals surface area (Å²) in [6.45, 7) is 4.12. The summed E-state index contributed by atoms with van der Waals surface area (Å²) >= 11 is 0. The van der Waals surface area contributed by atoms with Gasteiger partial charge in [-0.25, -0.2) is 13.1 Å². The van der Waals surface area contributed by atoms with E-state index < -0.39 is 10.0 Å². The molecule has 0 unspecified atom stereocenters. The first-order valence-electron chi connectivity index (χ1n) is 6.68. The van der Waals surface area contributed by atoms with Crippen molar-refractivity contribution >= 4 is 21.6 Å². The zero-order valence-corrected chi connectivity index (χ0v) is 12.4. The molecule has 1 aromatic rings. The zero-order valence-electron chi connectivity index (χ0n) is 11.6. The van der Waals surface area contributed by atoms with Gasteiger partial charge in [0.25, 0.3) is 0 Å². The van der Waals surface area contributed by atoms with Gasteiger partial charge in [-0.2, -0.15) is 0 Å². The van der Waals surface area contributed by atoms with Gasteiger partial charge in [0.2, 0.25) is 15.9 Å². The number of aryl methyl sites for hydroxylation is 1. The Hall–Kier alpha value is -1.86. The molecule has 2 N–H and O–H groups in total. The van der Waals surface area contributed by atoms with E-state index in [1.807, 2.05) is 0 Å². The molecule has 0 aliphatic carbocycles. The number of sulfonamides is 1. The topological polar surface area (TPSA) is 84.5 Å². The number of hydrogen-bond acceptors (Lipinski definition) is 4. The normalized spacial score (nSPS) is 14.2. The van der Waals surface area contributed by atoms with Gasteiger partial charge in [0.1, 0.15) is 0 Å². The summed E-state index contributed by atoms with van der Waals surface area (Å²) in [5.74, 6) is -0.0431. The fourth-order valence-corrected chi connectivity index (χ4v) is 3.18. The molecule has 0 saturated heterocycles. The van der Waals surface area contributed by atoms with Crippen LogP contribution in [0.5, 0.6) is 0 Å². The quantitative estimate of drug-likeness (QED) is 0.589. The van der Waals surface area contributed by atoms with Gasteiger partial charge < -0.3 is 10.1 Å². The van der Waals surface area contributed by atoms with Gasteiger partial charge >= 0.3 is 0 Å². The van der Waals surface area contributed by atoms with Gasteiger partial charge in [0, 0.05) is 18.7 Å². The van der Waals surface area contributed by atoms with Crippen molar-refractivity contribution in [2.24, 2.45) is 0 Å². The molecule has 21 heavy (non-hydrogen) atoms. The van der Waals surface area contributed by atoms with Crippen LogP contribution < -0.4 is 10.0 Å². The van der Waals surface area contributed by atoms with E-state index in [2.05, 4.69) is 16.6 Å². The summed E-state index contributed by atoms with van der Waals surface area (Å²) in [7, 11) is -3.54. The van der Waals surface area contributed by atoms with E-state index in [9.17, 15) is 13.2 Å². The predicted octanol–water partition coefficient (Wildman–Crippen LogP) is 1.40. The number of benzene rings is 1. The van der Waals surface area contributed by atoms with Crippen LogP contribution in [0.3, 0.4) is 0 Å². The highest BCUT2D eigenvalue weighted by Crippen LogP contribution is 2.25. The second kappa shape index (κ2) is 6.73. The minimum Gasteiger partial charge on any atom is -0.502 e. The molecule has 1 aromatic carbocycles. The van der Waals surface area contributed by atoms with E-state index in [1.54, 1.807) is 12.1 Å². The molecule has 0 bridgehead atoms. The Morgan fingerprint density at radius 1 is 1.38 bits per heavy atom. The molecular weight excluding hydrogens is 292 g/mol. The van der Waals surface area contributed by atoms with E-state index in [0.717, 1.165) is 5.56 Å². The Bertz CT molecular complexity index is 640. The van der Waals surface area contributed by atoms with Crippen molar-refractivity contribution in [3.05, 3.63) is 36.6 Å². The lowest BCUT2D eigenvalue weighted by molar-refractivity contribution is -0.116. The van der Waals surface area contributed by atoms with Crippen LogP contribution >= 0.6 is 0 Å². The SMILES string of the molecule is C=COCCCNS(=O)(=O)c1ccc2c(c1)CCC(=O)N2. The Kier molecular flexibility index (Phi) is 4.98. The molecule has 0 spiro atoms. The van der Waals surface area contributed by atoms with Crippen molar-refractivity contribution in [1.82, 2.24) is 4.72 Å². The van der Waals surface area contributed by atoms with Crippen LogP contribution in [0.4, 0.5) is 5.69 Å². The number of anilines is 1. The Morgan fingerprint density at radius 3 is 2.95 bits per heavy atom. The molecule has 114 valence electrons. The van der Waals surface area contributed by atoms with E-state index in [-0.39, 0.29) is 10.8 Å². The maximum Gasteiger partial charge on any atom is 0.240 e. The van der Waals surface area contributed by atoms with Gasteiger partial charge in [-0.3, -0.25) is 4.79 Å². The van der Waals surface area contributed by atoms with Crippen molar-refractivity contribution < 1.29 is 17.9 Å². The second-order valence-electron chi connectivity index (χ2n) is 4.66. The number of nitrogens with one attached hydrogen (secondary N) is 2. The average Bonchev–Trinajstić information content (AvgIpc) is 2.46. The highest BCUT2D eigenvalue weighted by atomic mass is 32.2. The third-order valence-electron chi connectivity index (χ3n) is 3.13. The number of carbonyl (C=O) groups excluding carboxylic acids is 1. The smallest absolute Gasteiger partial charge is 0.240 e. The molecule has 0 aromatic heterocycles. The molecule has 0 fully saturated rings. The molecule has 7 heteroatoms. The second-order valence-corrected chi connectivity index (χ2v) is 6.42. The lowest BCUT2D eigenvalue weighted by Crippen LogP contribution is -2.26. The maximum atomic E-state index is 12.2. The molecule has 0 atom stereocenters. The van der Waals surface area contributed by atoms with Gasteiger partial charge in [0.05, 0.1) is 17.8 Å². The maximum absolute atomic E-state index is 12.2. The van der Waals surface area contributed by atoms with Crippen LogP contribution in [0, 0.1) is 0 Å². The standard InChI is InChI=1S/C14H18N2O4S/c1-2-20-9-3-8-15-21(18,19)12-5-6-13-11(10-12)4-7-14(17)16-13/h2,5-6,10,15H,1,3-4,7-9H2,(H,16,17). The molecule has 2 rings (SSSR count). The van der Waals surface area contributed by atoms with Crippen LogP contribution in [0.1, 0.15) is 18.4 Å². The summed E-state index contributed by atoms with van der Waals surface area (Å²) in [6.07, 6.45) is 2.82. The van der Waals surface area contributed by atoms with Crippen molar-refractivity contribution in [2.45, 2.75) is 24.2 Å². The van der Waals surface area contributed by atoms with E-state index in [1.165, 1.54) is 12.3 Å². The summed E-state index contributed by atoms with van der Waals surface area (Å²) in [5.41, 5.74) is 1.53. The van der Waals surface area contributed by atoms with Crippen LogP contribution in [0.15, 0.2) is 35.9 Å². The molecule has 1 amide bonds. The lowest BCUT2D eigenvalue weighted by Gasteiger charge is -2.17. The summed E-state index contributed by atoms with van der Waals surface area (Å²) in [4.78, 5) is 11.5. The van der Waals surface area contributed by atoms with Crippen LogP contribution in [0.25, 0.3) is 0 Å². The largest absolute Gasteiger partial charge is 0.502 e. The molecule has 1 aliphatic rings. The zero-order chi connectivity index (χ0) is 15.3. The van der Waals surface area contributed by atoms with Crippen LogP contribution in [-0.2, 0) is 26.0 Å². The van der Waals surface area contributed by atoms with Crippen molar-refractivity contribution in [3.63, 3.8) is 0 Å². The number of carbonyl (C=O) groups is 1. The predicted molar refractivity (Wildman–Crippen MR) is 79.3 cm³/mol. The Morgan fingerprint density at radius 2 is 2.19 bits per heavy atom. The van der Waals surface area contributed by atoms with Crippen LogP contribution in [-0.4, -0.2) is 27.5 Å². The number of hydrogen-bond donors (Lipinski definition) is 2. The first-order chi connectivity index (χ1) is 10.0. The third-order valence-corrected chi connectivity index (χ3v) is 4.59. The number of fused-ring (bicyclic) bond motifs is 1. The lowest BCUT2D eigenvalue weighted by atomic mass is 10.0. The molecule has 0 saturated carbocycles. The average molecular weight is 310 g/mol. The molecule has 1 heterocycles. The summed E-state index contributed by atoms with van der Waals surface area (Å²) in [5, 5.41) is 2.72. The van der Waals surface area contributed by atoms with E-state index in [0.29, 0.717) is 38.1 Å². The number of ether oxygens (including phenoxy) is 1. The minimum absolute atomic E-state index is 0.0431. The van der Waals surface area contributed by atoms with Gasteiger partial charge in [0.15, 0.2) is 0 Å². The number of rotatable bonds is 7. The molecular formula is C14H18N2O4S. The van der Waals surface area contributed by atoms with Gasteiger partial charge in [-0.15, -0.1) is 0 Å². The summed E-state index contributed by atoms with van der Waals surface area (Å²) in [6, 6.07) is 4.73. The Balaban J connectivity index is 2.03. The Labute approximate surface area is 124 Å². The van der Waals surface area contributed by atoms with Crippen molar-refractivity contribution in [3.8, 4) is 0 Å². The van der Waals surface area contributed by atoms with Gasteiger partial charge in [-0.1, -0.05) is 6.58 Å². The number of amides is 1. The molecule has 6 nitrogen and oxygen atoms in total. The first kappa shape index (κ1) is 15.5. The van der Waals surface area contributed by atoms with Crippen LogP contribution in [0.2, 0.25) is 0 Å². The fraction of sp³-hybridized carbons (Fsp3) is 0.357. The van der Waals surface area contributed by atoms with E-state index in [4.69, 9.17) is 4.74 Å². The molecule has 1 aliphatic heterocycles. The highest BCUT2D eigenvalue weighted by molar-refractivity contribution is 7.89. The van der Waals surface area contributed by atoms with Crippen molar-refractivity contribution in [1.29, 1.82) is 0 Å². The van der Waals surface area contributed by atoms with E-state index >= 15 is 0 Å². The van der Waals surface area contributed by atoms with Gasteiger partial charge in [-0.05, 0) is 36.6 Å². The summed E-state index contributed by atoms with van der Waals surface area (Å²) < 4.78 is 31.8. The fourth-order valence-electron chi connectivity index (χ4n) is 2.06. The minimum atomic E-state index is -3.54. The monoisotopic (exact) mass is 310 g/mol. The highest BCUT2D eigenvalue weighted by Gasteiger charge is 2.19. The molecule has 0 radical (unpaired) electrons. The first-order valence-corrected chi connectivity index (χ1v) is 8.16.